The van der Waals surface area contributed by atoms with Crippen LogP contribution in [0.1, 0.15) is 17.5 Å². The van der Waals surface area contributed by atoms with Crippen LogP contribution in [0.25, 0.3) is 0 Å². The summed E-state index contributed by atoms with van der Waals surface area (Å²) in [5, 5.41) is 1.60. The molecule has 58 valence electrons. The van der Waals surface area contributed by atoms with Crippen molar-refractivity contribution in [3.8, 4) is 0 Å². The zero-order valence-electron chi connectivity index (χ0n) is 6.85. The number of fused-ring (bicyclic) bond motifs is 1. The molecular formula is C10H13P. The average Bonchev–Trinajstić information content (AvgIpc) is 2.50. The van der Waals surface area contributed by atoms with Crippen LogP contribution in [0.3, 0.4) is 0 Å². The van der Waals surface area contributed by atoms with Crippen LogP contribution >= 0.6 is 8.58 Å². The summed E-state index contributed by atoms with van der Waals surface area (Å²) in [6, 6.07) is 6.77. The predicted octanol–water partition coefficient (Wildman–Crippen LogP) is 2.11. The Morgan fingerprint density at radius 3 is 3.00 bits per heavy atom. The second-order valence-electron chi connectivity index (χ2n) is 3.05. The average molecular weight is 164 g/mol. The van der Waals surface area contributed by atoms with Crippen LogP contribution < -0.4 is 5.30 Å². The van der Waals surface area contributed by atoms with E-state index >= 15 is 0 Å². The van der Waals surface area contributed by atoms with Crippen molar-refractivity contribution in [2.75, 3.05) is 6.66 Å². The summed E-state index contributed by atoms with van der Waals surface area (Å²) in [4.78, 5) is 0. The number of rotatable bonds is 1. The fourth-order valence-electron chi connectivity index (χ4n) is 1.85. The standard InChI is InChI=1S/C10H13P/c1-11-10-7-3-5-8-4-2-6-9(8)10/h3,5,7,11H,2,4,6H2,1H3. The molecular weight excluding hydrogens is 151 g/mol. The molecule has 0 nitrogen and oxygen atoms in total. The summed E-state index contributed by atoms with van der Waals surface area (Å²) in [5.74, 6) is 0. The van der Waals surface area contributed by atoms with Crippen LogP contribution in [-0.2, 0) is 12.8 Å². The fraction of sp³-hybridized carbons (Fsp3) is 0.400. The Bertz CT molecular complexity index is 266. The van der Waals surface area contributed by atoms with Crippen molar-refractivity contribution in [3.05, 3.63) is 29.3 Å². The van der Waals surface area contributed by atoms with Crippen LogP contribution in [0.5, 0.6) is 0 Å². The van der Waals surface area contributed by atoms with Crippen molar-refractivity contribution < 1.29 is 0 Å². The Labute approximate surface area is 69.8 Å². The smallest absolute Gasteiger partial charge is 0.0240 e. The van der Waals surface area contributed by atoms with Crippen molar-refractivity contribution in [1.82, 2.24) is 0 Å². The van der Waals surface area contributed by atoms with E-state index in [0.29, 0.717) is 0 Å². The SMILES string of the molecule is CPc1cccc2c1CCC2. The van der Waals surface area contributed by atoms with Gasteiger partial charge in [0.05, 0.1) is 0 Å². The second kappa shape index (κ2) is 2.95. The van der Waals surface area contributed by atoms with Crippen molar-refractivity contribution in [2.24, 2.45) is 0 Å². The van der Waals surface area contributed by atoms with Crippen LogP contribution in [0, 0.1) is 0 Å². The van der Waals surface area contributed by atoms with Gasteiger partial charge in [-0.05, 0) is 42.4 Å². The molecule has 1 aromatic carbocycles. The molecule has 1 aliphatic rings. The molecule has 0 heterocycles. The van der Waals surface area contributed by atoms with E-state index in [1.165, 1.54) is 19.3 Å². The summed E-state index contributed by atoms with van der Waals surface area (Å²) < 4.78 is 0. The zero-order valence-corrected chi connectivity index (χ0v) is 7.85. The molecule has 1 unspecified atom stereocenters. The Morgan fingerprint density at radius 1 is 1.27 bits per heavy atom. The topological polar surface area (TPSA) is 0 Å². The lowest BCUT2D eigenvalue weighted by Crippen LogP contribution is -2.01. The largest absolute Gasteiger partial charge is 0.0933 e. The highest BCUT2D eigenvalue weighted by Crippen LogP contribution is 2.23. The summed E-state index contributed by atoms with van der Waals surface area (Å²) in [5.41, 5.74) is 3.27. The summed E-state index contributed by atoms with van der Waals surface area (Å²) in [7, 11) is 0.972. The number of hydrogen-bond acceptors (Lipinski definition) is 0. The van der Waals surface area contributed by atoms with Gasteiger partial charge in [-0.2, -0.15) is 0 Å². The van der Waals surface area contributed by atoms with Gasteiger partial charge in [0.25, 0.3) is 0 Å². The van der Waals surface area contributed by atoms with E-state index in [0.717, 1.165) is 8.58 Å². The molecule has 0 saturated carbocycles. The van der Waals surface area contributed by atoms with Gasteiger partial charge < -0.3 is 0 Å². The molecule has 1 aliphatic carbocycles. The lowest BCUT2D eigenvalue weighted by molar-refractivity contribution is 0.913. The lowest BCUT2D eigenvalue weighted by atomic mass is 10.1. The highest BCUT2D eigenvalue weighted by atomic mass is 31.1. The van der Waals surface area contributed by atoms with Crippen LogP contribution in [-0.4, -0.2) is 6.66 Å². The molecule has 0 spiro atoms. The van der Waals surface area contributed by atoms with Gasteiger partial charge in [0.1, 0.15) is 0 Å². The van der Waals surface area contributed by atoms with Gasteiger partial charge in [-0.15, -0.1) is 0 Å². The molecule has 0 radical (unpaired) electrons. The zero-order chi connectivity index (χ0) is 7.68. The highest BCUT2D eigenvalue weighted by molar-refractivity contribution is 7.46. The maximum Gasteiger partial charge on any atom is -0.0240 e. The predicted molar refractivity (Wildman–Crippen MR) is 52.3 cm³/mol. The van der Waals surface area contributed by atoms with E-state index in [4.69, 9.17) is 0 Å². The third-order valence-electron chi connectivity index (χ3n) is 2.42. The van der Waals surface area contributed by atoms with Gasteiger partial charge in [-0.3, -0.25) is 0 Å². The molecule has 0 aliphatic heterocycles. The number of hydrogen-bond donors (Lipinski definition) is 0. The monoisotopic (exact) mass is 164 g/mol. The summed E-state index contributed by atoms with van der Waals surface area (Å²) >= 11 is 0. The van der Waals surface area contributed by atoms with Gasteiger partial charge in [0.2, 0.25) is 0 Å². The van der Waals surface area contributed by atoms with Crippen LogP contribution in [0.4, 0.5) is 0 Å². The van der Waals surface area contributed by atoms with Crippen molar-refractivity contribution in [1.29, 1.82) is 0 Å². The minimum Gasteiger partial charge on any atom is -0.0933 e. The quantitative estimate of drug-likeness (QED) is 0.558. The Hall–Kier alpha value is -0.350. The Balaban J connectivity index is 2.50. The maximum atomic E-state index is 2.28. The second-order valence-corrected chi connectivity index (χ2v) is 4.09. The molecule has 0 amide bonds. The van der Waals surface area contributed by atoms with Crippen molar-refractivity contribution in [2.45, 2.75) is 19.3 Å². The van der Waals surface area contributed by atoms with Gasteiger partial charge in [-0.25, -0.2) is 0 Å². The molecule has 1 heteroatoms. The Kier molecular flexibility index (Phi) is 1.96. The first kappa shape index (κ1) is 7.31. The molecule has 0 aromatic heterocycles. The van der Waals surface area contributed by atoms with Gasteiger partial charge >= 0.3 is 0 Å². The molecule has 1 atom stereocenters. The molecule has 0 bridgehead atoms. The van der Waals surface area contributed by atoms with Crippen LogP contribution in [0.2, 0.25) is 0 Å². The van der Waals surface area contributed by atoms with Gasteiger partial charge in [0.15, 0.2) is 0 Å². The molecule has 0 N–H and O–H groups in total. The number of benzene rings is 1. The highest BCUT2D eigenvalue weighted by Gasteiger charge is 2.12. The van der Waals surface area contributed by atoms with Crippen molar-refractivity contribution in [3.63, 3.8) is 0 Å². The summed E-state index contributed by atoms with van der Waals surface area (Å²) in [6.45, 7) is 2.27. The van der Waals surface area contributed by atoms with E-state index < -0.39 is 0 Å². The molecule has 2 rings (SSSR count). The van der Waals surface area contributed by atoms with E-state index in [-0.39, 0.29) is 0 Å². The van der Waals surface area contributed by atoms with Gasteiger partial charge in [-0.1, -0.05) is 26.8 Å². The first-order chi connectivity index (χ1) is 5.42. The van der Waals surface area contributed by atoms with E-state index in [1.807, 2.05) is 0 Å². The molecule has 1 aromatic rings. The maximum absolute atomic E-state index is 2.28. The lowest BCUT2D eigenvalue weighted by Gasteiger charge is -2.04. The molecule has 0 saturated heterocycles. The molecule has 0 fully saturated rings. The van der Waals surface area contributed by atoms with E-state index in [9.17, 15) is 0 Å². The van der Waals surface area contributed by atoms with Crippen LogP contribution in [0.15, 0.2) is 18.2 Å². The van der Waals surface area contributed by atoms with Gasteiger partial charge in [0, 0.05) is 0 Å². The Morgan fingerprint density at radius 2 is 2.18 bits per heavy atom. The van der Waals surface area contributed by atoms with Crippen molar-refractivity contribution >= 4 is 13.9 Å². The fourth-order valence-corrected chi connectivity index (χ4v) is 2.70. The normalized spacial score (nSPS) is 16.1. The third kappa shape index (κ3) is 1.20. The van der Waals surface area contributed by atoms with E-state index in [1.54, 1.807) is 16.4 Å². The minimum absolute atomic E-state index is 0.972. The summed E-state index contributed by atoms with van der Waals surface area (Å²) in [6.07, 6.45) is 4.01. The van der Waals surface area contributed by atoms with E-state index in [2.05, 4.69) is 24.9 Å². The molecule has 11 heavy (non-hydrogen) atoms. The third-order valence-corrected chi connectivity index (χ3v) is 3.42. The number of aryl methyl sites for hydroxylation is 1. The first-order valence-electron chi connectivity index (χ1n) is 4.20. The minimum atomic E-state index is 0.972. The first-order valence-corrected chi connectivity index (χ1v) is 5.70.